The minimum atomic E-state index is 0.107. The molecule has 0 aliphatic carbocycles. The van der Waals surface area contributed by atoms with Crippen LogP contribution in [0, 0.1) is 0 Å². The molecule has 0 saturated carbocycles. The van der Waals surface area contributed by atoms with Crippen molar-refractivity contribution in [2.75, 3.05) is 13.1 Å². The van der Waals surface area contributed by atoms with Crippen molar-refractivity contribution in [3.8, 4) is 0 Å². The van der Waals surface area contributed by atoms with Crippen molar-refractivity contribution in [1.29, 1.82) is 0 Å². The molecule has 0 saturated heterocycles. The van der Waals surface area contributed by atoms with E-state index in [0.717, 1.165) is 18.8 Å². The summed E-state index contributed by atoms with van der Waals surface area (Å²) in [6.45, 7) is 1.74. The third-order valence-electron chi connectivity index (χ3n) is 1.80. The Labute approximate surface area is 80.3 Å². The number of thiazole rings is 1. The number of halogens is 1. The molecule has 1 N–H and O–H groups in total. The van der Waals surface area contributed by atoms with Gasteiger partial charge in [0.25, 0.3) is 0 Å². The van der Waals surface area contributed by atoms with E-state index >= 15 is 0 Å². The molecule has 12 heavy (non-hydrogen) atoms. The van der Waals surface area contributed by atoms with Crippen LogP contribution in [0.4, 0.5) is 0 Å². The van der Waals surface area contributed by atoms with Crippen LogP contribution in [0.5, 0.6) is 0 Å². The normalized spacial score (nSPS) is 23.8. The average Bonchev–Trinajstić information content (AvgIpc) is 2.56. The molecule has 1 atom stereocenters. The second-order valence-electron chi connectivity index (χ2n) is 2.71. The van der Waals surface area contributed by atoms with Gasteiger partial charge in [0, 0.05) is 18.5 Å². The van der Waals surface area contributed by atoms with Crippen molar-refractivity contribution in [3.63, 3.8) is 0 Å². The highest BCUT2D eigenvalue weighted by Gasteiger charge is 2.12. The van der Waals surface area contributed by atoms with E-state index in [1.165, 1.54) is 5.57 Å². The number of alkyl halides is 1. The van der Waals surface area contributed by atoms with E-state index in [9.17, 15) is 0 Å². The van der Waals surface area contributed by atoms with Crippen LogP contribution in [-0.2, 0) is 0 Å². The highest BCUT2D eigenvalue weighted by Crippen LogP contribution is 2.18. The van der Waals surface area contributed by atoms with Crippen molar-refractivity contribution in [2.24, 2.45) is 0 Å². The van der Waals surface area contributed by atoms with Crippen molar-refractivity contribution < 1.29 is 0 Å². The quantitative estimate of drug-likeness (QED) is 0.699. The first-order chi connectivity index (χ1) is 5.86. The van der Waals surface area contributed by atoms with Crippen LogP contribution in [-0.4, -0.2) is 23.5 Å². The van der Waals surface area contributed by atoms with Gasteiger partial charge < -0.3 is 5.32 Å². The highest BCUT2D eigenvalue weighted by molar-refractivity contribution is 7.07. The lowest BCUT2D eigenvalue weighted by Gasteiger charge is -2.16. The SMILES string of the molecule is ClC1C=C(c2cscn2)CNC1. The number of nitrogens with zero attached hydrogens (tertiary/aromatic N) is 1. The first kappa shape index (κ1) is 8.23. The third-order valence-corrected chi connectivity index (χ3v) is 2.66. The lowest BCUT2D eigenvalue weighted by Crippen LogP contribution is -2.28. The van der Waals surface area contributed by atoms with E-state index < -0.39 is 0 Å². The molecule has 0 radical (unpaired) electrons. The van der Waals surface area contributed by atoms with Crippen LogP contribution >= 0.6 is 22.9 Å². The molecule has 1 aromatic heterocycles. The molecule has 1 aliphatic rings. The zero-order valence-corrected chi connectivity index (χ0v) is 8.03. The maximum atomic E-state index is 5.97. The summed E-state index contributed by atoms with van der Waals surface area (Å²) in [5, 5.41) is 5.39. The number of aromatic nitrogens is 1. The van der Waals surface area contributed by atoms with Gasteiger partial charge in [-0.2, -0.15) is 0 Å². The minimum absolute atomic E-state index is 0.107. The summed E-state index contributed by atoms with van der Waals surface area (Å²) >= 11 is 7.58. The first-order valence-corrected chi connectivity index (χ1v) is 5.18. The lowest BCUT2D eigenvalue weighted by atomic mass is 10.1. The Bertz CT molecular complexity index is 281. The molecule has 2 nitrogen and oxygen atoms in total. The molecular formula is C8H9ClN2S. The smallest absolute Gasteiger partial charge is 0.0798 e. The Kier molecular flexibility index (Phi) is 2.44. The molecule has 0 aromatic carbocycles. The maximum Gasteiger partial charge on any atom is 0.0798 e. The predicted octanol–water partition coefficient (Wildman–Crippen LogP) is 1.74. The van der Waals surface area contributed by atoms with Crippen LogP contribution in [0.1, 0.15) is 5.69 Å². The Morgan fingerprint density at radius 3 is 3.25 bits per heavy atom. The standard InChI is InChI=1S/C8H9ClN2S/c9-7-1-6(2-10-3-7)8-4-12-5-11-8/h1,4-5,7,10H,2-3H2. The molecule has 2 heterocycles. The van der Waals surface area contributed by atoms with Gasteiger partial charge in [-0.15, -0.1) is 22.9 Å². The van der Waals surface area contributed by atoms with E-state index in [1.807, 2.05) is 10.9 Å². The molecule has 0 fully saturated rings. The Morgan fingerprint density at radius 2 is 2.58 bits per heavy atom. The Balaban J connectivity index is 2.23. The van der Waals surface area contributed by atoms with Crippen LogP contribution in [0.2, 0.25) is 0 Å². The van der Waals surface area contributed by atoms with Gasteiger partial charge >= 0.3 is 0 Å². The van der Waals surface area contributed by atoms with Crippen molar-refractivity contribution in [2.45, 2.75) is 5.38 Å². The molecule has 0 bridgehead atoms. The second-order valence-corrected chi connectivity index (χ2v) is 3.99. The van der Waals surface area contributed by atoms with Crippen LogP contribution in [0.3, 0.4) is 0 Å². The minimum Gasteiger partial charge on any atom is -0.311 e. The summed E-state index contributed by atoms with van der Waals surface area (Å²) in [7, 11) is 0. The zero-order valence-electron chi connectivity index (χ0n) is 6.46. The van der Waals surface area contributed by atoms with Gasteiger partial charge in [0.2, 0.25) is 0 Å². The number of nitrogens with one attached hydrogen (secondary N) is 1. The summed E-state index contributed by atoms with van der Waals surface area (Å²) in [4.78, 5) is 4.23. The number of rotatable bonds is 1. The topological polar surface area (TPSA) is 24.9 Å². The van der Waals surface area contributed by atoms with E-state index in [-0.39, 0.29) is 5.38 Å². The largest absolute Gasteiger partial charge is 0.311 e. The second kappa shape index (κ2) is 3.56. The van der Waals surface area contributed by atoms with Crippen LogP contribution in [0.25, 0.3) is 5.57 Å². The van der Waals surface area contributed by atoms with E-state index in [4.69, 9.17) is 11.6 Å². The van der Waals surface area contributed by atoms with Gasteiger partial charge in [0.1, 0.15) is 0 Å². The molecular weight excluding hydrogens is 192 g/mol. The van der Waals surface area contributed by atoms with Gasteiger partial charge in [-0.1, -0.05) is 6.08 Å². The Morgan fingerprint density at radius 1 is 1.67 bits per heavy atom. The summed E-state index contributed by atoms with van der Waals surface area (Å²) in [5.41, 5.74) is 4.11. The molecule has 0 amide bonds. The van der Waals surface area contributed by atoms with Crippen LogP contribution in [0.15, 0.2) is 17.0 Å². The summed E-state index contributed by atoms with van der Waals surface area (Å²) in [5.74, 6) is 0. The number of hydrogen-bond donors (Lipinski definition) is 1. The third kappa shape index (κ3) is 1.68. The van der Waals surface area contributed by atoms with Gasteiger partial charge in [-0.25, -0.2) is 4.98 Å². The van der Waals surface area contributed by atoms with Crippen molar-refractivity contribution in [1.82, 2.24) is 10.3 Å². The zero-order chi connectivity index (χ0) is 8.39. The van der Waals surface area contributed by atoms with E-state index in [2.05, 4.69) is 16.4 Å². The fraction of sp³-hybridized carbons (Fsp3) is 0.375. The first-order valence-electron chi connectivity index (χ1n) is 3.80. The van der Waals surface area contributed by atoms with Gasteiger partial charge in [-0.05, 0) is 5.57 Å². The molecule has 0 spiro atoms. The summed E-state index contributed by atoms with van der Waals surface area (Å²) in [6, 6.07) is 0. The number of hydrogen-bond acceptors (Lipinski definition) is 3. The van der Waals surface area contributed by atoms with Crippen LogP contribution < -0.4 is 5.32 Å². The molecule has 1 unspecified atom stereocenters. The summed E-state index contributed by atoms with van der Waals surface area (Å²) < 4.78 is 0. The molecule has 1 aliphatic heterocycles. The summed E-state index contributed by atoms with van der Waals surface area (Å²) in [6.07, 6.45) is 2.08. The van der Waals surface area contributed by atoms with Gasteiger partial charge in [-0.3, -0.25) is 0 Å². The predicted molar refractivity (Wildman–Crippen MR) is 52.6 cm³/mol. The van der Waals surface area contributed by atoms with Crippen molar-refractivity contribution in [3.05, 3.63) is 22.7 Å². The molecule has 1 aromatic rings. The molecule has 2 rings (SSSR count). The fourth-order valence-electron chi connectivity index (χ4n) is 1.23. The van der Waals surface area contributed by atoms with Gasteiger partial charge in [0.15, 0.2) is 0 Å². The lowest BCUT2D eigenvalue weighted by molar-refractivity contribution is 0.742. The van der Waals surface area contributed by atoms with E-state index in [1.54, 1.807) is 11.3 Å². The average molecular weight is 201 g/mol. The fourth-order valence-corrected chi connectivity index (χ4v) is 2.07. The van der Waals surface area contributed by atoms with Crippen molar-refractivity contribution >= 4 is 28.5 Å². The van der Waals surface area contributed by atoms with Gasteiger partial charge in [0.05, 0.1) is 16.6 Å². The maximum absolute atomic E-state index is 5.97. The van der Waals surface area contributed by atoms with E-state index in [0.29, 0.717) is 0 Å². The molecule has 64 valence electrons. The Hall–Kier alpha value is -0.380. The molecule has 4 heteroatoms. The monoisotopic (exact) mass is 200 g/mol. The highest BCUT2D eigenvalue weighted by atomic mass is 35.5.